The van der Waals surface area contributed by atoms with Gasteiger partial charge in [-0.3, -0.25) is 9.10 Å². The van der Waals surface area contributed by atoms with Crippen molar-refractivity contribution in [3.05, 3.63) is 65.7 Å². The fraction of sp³-hybridized carbons (Fsp3) is 0.250. The zero-order valence-corrected chi connectivity index (χ0v) is 15.9. The van der Waals surface area contributed by atoms with Gasteiger partial charge in [-0.1, -0.05) is 30.3 Å². The number of carbonyl (C=O) groups excluding carboxylic acids is 1. The molecule has 0 aromatic heterocycles. The second-order valence-electron chi connectivity index (χ2n) is 6.14. The number of sulfonamides is 1. The number of para-hydroxylation sites is 1. The van der Waals surface area contributed by atoms with E-state index in [1.165, 1.54) is 10.4 Å². The molecule has 142 valence electrons. The monoisotopic (exact) mass is 386 g/mol. The van der Waals surface area contributed by atoms with E-state index in [-0.39, 0.29) is 10.8 Å². The molecule has 7 heteroatoms. The number of benzene rings is 2. The van der Waals surface area contributed by atoms with Crippen LogP contribution in [0.1, 0.15) is 11.1 Å². The number of methoxy groups -OCH3 is 1. The maximum absolute atomic E-state index is 13.0. The second kappa shape index (κ2) is 8.37. The topological polar surface area (TPSA) is 75.7 Å². The summed E-state index contributed by atoms with van der Waals surface area (Å²) in [6.45, 7) is 1.34. The van der Waals surface area contributed by atoms with Crippen molar-refractivity contribution in [2.75, 3.05) is 31.1 Å². The van der Waals surface area contributed by atoms with Crippen LogP contribution in [0.4, 0.5) is 5.69 Å². The molecule has 2 aromatic rings. The van der Waals surface area contributed by atoms with E-state index in [0.29, 0.717) is 26.1 Å². The number of nitrogens with one attached hydrogen (secondary N) is 1. The minimum absolute atomic E-state index is 0.225. The minimum Gasteiger partial charge on any atom is -0.383 e. The zero-order valence-electron chi connectivity index (χ0n) is 15.1. The van der Waals surface area contributed by atoms with Crippen molar-refractivity contribution >= 4 is 27.7 Å². The van der Waals surface area contributed by atoms with E-state index >= 15 is 0 Å². The van der Waals surface area contributed by atoms with Crippen molar-refractivity contribution < 1.29 is 17.9 Å². The molecule has 0 fully saturated rings. The molecule has 2 aromatic carbocycles. The van der Waals surface area contributed by atoms with Crippen LogP contribution in [0.2, 0.25) is 0 Å². The largest absolute Gasteiger partial charge is 0.383 e. The molecule has 0 unspecified atom stereocenters. The van der Waals surface area contributed by atoms with Gasteiger partial charge in [-0.25, -0.2) is 8.42 Å². The van der Waals surface area contributed by atoms with E-state index < -0.39 is 10.0 Å². The Hall–Kier alpha value is -2.64. The zero-order chi connectivity index (χ0) is 19.3. The van der Waals surface area contributed by atoms with E-state index in [0.717, 1.165) is 16.8 Å². The van der Waals surface area contributed by atoms with Gasteiger partial charge < -0.3 is 10.1 Å². The summed E-state index contributed by atoms with van der Waals surface area (Å²) < 4.78 is 32.2. The highest BCUT2D eigenvalue weighted by Gasteiger charge is 2.30. The van der Waals surface area contributed by atoms with Crippen molar-refractivity contribution in [1.29, 1.82) is 0 Å². The van der Waals surface area contributed by atoms with Gasteiger partial charge in [0.05, 0.1) is 17.2 Å². The molecular formula is C20H22N2O4S. The van der Waals surface area contributed by atoms with Crippen LogP contribution in [-0.2, 0) is 26.0 Å². The predicted octanol–water partition coefficient (Wildman–Crippen LogP) is 2.21. The maximum atomic E-state index is 13.0. The highest BCUT2D eigenvalue weighted by molar-refractivity contribution is 7.92. The summed E-state index contributed by atoms with van der Waals surface area (Å²) in [6.07, 6.45) is 3.77. The SMILES string of the molecule is COCCNC(=O)/C=C/c1ccc(S(=O)(=O)N2CCc3ccccc32)cc1. The molecule has 0 atom stereocenters. The third kappa shape index (κ3) is 4.37. The van der Waals surface area contributed by atoms with E-state index in [1.54, 1.807) is 37.5 Å². The van der Waals surface area contributed by atoms with Crippen LogP contribution in [0.3, 0.4) is 0 Å². The smallest absolute Gasteiger partial charge is 0.264 e. The Morgan fingerprint density at radius 3 is 2.67 bits per heavy atom. The van der Waals surface area contributed by atoms with Crippen molar-refractivity contribution in [2.45, 2.75) is 11.3 Å². The van der Waals surface area contributed by atoms with Crippen LogP contribution in [0.25, 0.3) is 6.08 Å². The van der Waals surface area contributed by atoms with Crippen molar-refractivity contribution in [1.82, 2.24) is 5.32 Å². The number of nitrogens with zero attached hydrogens (tertiary/aromatic N) is 1. The first-order valence-electron chi connectivity index (χ1n) is 8.68. The Bertz CT molecular complexity index is 937. The number of rotatable bonds is 7. The summed E-state index contributed by atoms with van der Waals surface area (Å²) in [7, 11) is -2.03. The molecule has 1 amide bonds. The van der Waals surface area contributed by atoms with Crippen molar-refractivity contribution in [2.24, 2.45) is 0 Å². The van der Waals surface area contributed by atoms with Crippen molar-refractivity contribution in [3.8, 4) is 0 Å². The maximum Gasteiger partial charge on any atom is 0.264 e. The number of anilines is 1. The average molecular weight is 386 g/mol. The molecule has 0 bridgehead atoms. The molecule has 3 rings (SSSR count). The molecule has 1 aliphatic rings. The van der Waals surface area contributed by atoms with E-state index in [9.17, 15) is 13.2 Å². The van der Waals surface area contributed by atoms with Gasteiger partial charge in [0.25, 0.3) is 10.0 Å². The summed E-state index contributed by atoms with van der Waals surface area (Å²) in [5, 5.41) is 2.68. The van der Waals surface area contributed by atoms with Gasteiger partial charge in [-0.15, -0.1) is 0 Å². The minimum atomic E-state index is -3.60. The normalized spacial score (nSPS) is 13.7. The van der Waals surface area contributed by atoms with Gasteiger partial charge >= 0.3 is 0 Å². The average Bonchev–Trinajstić information content (AvgIpc) is 3.12. The highest BCUT2D eigenvalue weighted by atomic mass is 32.2. The third-order valence-corrected chi connectivity index (χ3v) is 6.17. The van der Waals surface area contributed by atoms with Crippen LogP contribution in [0.15, 0.2) is 59.5 Å². The van der Waals surface area contributed by atoms with Gasteiger partial charge in [0.2, 0.25) is 5.91 Å². The molecule has 6 nitrogen and oxygen atoms in total. The molecular weight excluding hydrogens is 364 g/mol. The molecule has 1 heterocycles. The highest BCUT2D eigenvalue weighted by Crippen LogP contribution is 2.32. The van der Waals surface area contributed by atoms with Gasteiger partial charge in [-0.05, 0) is 41.8 Å². The summed E-state index contributed by atoms with van der Waals surface area (Å²) in [5.41, 5.74) is 2.53. The lowest BCUT2D eigenvalue weighted by Crippen LogP contribution is -2.29. The number of hydrogen-bond donors (Lipinski definition) is 1. The Morgan fingerprint density at radius 2 is 1.93 bits per heavy atom. The lowest BCUT2D eigenvalue weighted by atomic mass is 10.2. The van der Waals surface area contributed by atoms with Gasteiger partial charge in [0.15, 0.2) is 0 Å². The summed E-state index contributed by atoms with van der Waals surface area (Å²) in [4.78, 5) is 11.9. The number of carbonyl (C=O) groups is 1. The Morgan fingerprint density at radius 1 is 1.19 bits per heavy atom. The third-order valence-electron chi connectivity index (χ3n) is 4.35. The second-order valence-corrected chi connectivity index (χ2v) is 8.00. The van der Waals surface area contributed by atoms with Gasteiger partial charge in [0.1, 0.15) is 0 Å². The molecule has 1 aliphatic heterocycles. The lowest BCUT2D eigenvalue weighted by molar-refractivity contribution is -0.116. The summed E-state index contributed by atoms with van der Waals surface area (Å²) in [5.74, 6) is -0.225. The van der Waals surface area contributed by atoms with Gasteiger partial charge in [-0.2, -0.15) is 0 Å². The molecule has 0 radical (unpaired) electrons. The molecule has 0 saturated carbocycles. The Balaban J connectivity index is 1.71. The fourth-order valence-electron chi connectivity index (χ4n) is 2.94. The number of fused-ring (bicyclic) bond motifs is 1. The van der Waals surface area contributed by atoms with Crippen molar-refractivity contribution in [3.63, 3.8) is 0 Å². The molecule has 27 heavy (non-hydrogen) atoms. The first-order valence-corrected chi connectivity index (χ1v) is 10.1. The molecule has 0 spiro atoms. The first-order chi connectivity index (χ1) is 13.0. The van der Waals surface area contributed by atoms with Crippen LogP contribution < -0.4 is 9.62 Å². The summed E-state index contributed by atoms with van der Waals surface area (Å²) in [6, 6.07) is 14.1. The standard InChI is InChI=1S/C20H22N2O4S/c1-26-15-13-21-20(23)11-8-16-6-9-18(10-7-16)27(24,25)22-14-12-17-4-2-3-5-19(17)22/h2-11H,12-15H2,1H3,(H,21,23)/b11-8+. The Kier molecular flexibility index (Phi) is 5.93. The molecule has 0 saturated heterocycles. The molecule has 0 aliphatic carbocycles. The van der Waals surface area contributed by atoms with Crippen LogP contribution in [-0.4, -0.2) is 41.1 Å². The Labute approximate surface area is 159 Å². The van der Waals surface area contributed by atoms with Crippen LogP contribution in [0, 0.1) is 0 Å². The van der Waals surface area contributed by atoms with E-state index in [2.05, 4.69) is 5.32 Å². The quantitative estimate of drug-likeness (QED) is 0.585. The lowest BCUT2D eigenvalue weighted by Gasteiger charge is -2.19. The number of amides is 1. The predicted molar refractivity (Wildman–Crippen MR) is 105 cm³/mol. The fourth-order valence-corrected chi connectivity index (χ4v) is 4.45. The number of hydrogen-bond acceptors (Lipinski definition) is 4. The summed E-state index contributed by atoms with van der Waals surface area (Å²) >= 11 is 0. The van der Waals surface area contributed by atoms with E-state index in [1.807, 2.05) is 24.3 Å². The van der Waals surface area contributed by atoms with E-state index in [4.69, 9.17) is 4.74 Å². The van der Waals surface area contributed by atoms with Crippen LogP contribution in [0.5, 0.6) is 0 Å². The number of ether oxygens (including phenoxy) is 1. The first kappa shape index (κ1) is 19.1. The van der Waals surface area contributed by atoms with Crippen LogP contribution >= 0.6 is 0 Å². The molecule has 1 N–H and O–H groups in total. The van der Waals surface area contributed by atoms with Gasteiger partial charge in [0, 0.05) is 26.3 Å².